The van der Waals surface area contributed by atoms with E-state index in [4.69, 9.17) is 14.4 Å². The van der Waals surface area contributed by atoms with Gasteiger partial charge in [0.15, 0.2) is 5.84 Å². The molecule has 3 nitrogen and oxygen atoms in total. The topological polar surface area (TPSA) is 37.9 Å². The standard InChI is InChI=1S/C54H34N2O/c1-34-27-50(45-21-20-41-29-40(18-19-43(41)30-45)35-9-3-2-4-10-35)55-54(56-53(34)46-22-16-37-12-6-8-14-39(37)31-46)47-24-26-49-48-25-23-44(32-51(48)57-52(49)33-47)42-17-15-36-11-5-7-13-38(36)28-42/h2-26,28-33H,1H3. The fourth-order valence-electron chi connectivity index (χ4n) is 8.14. The first-order chi connectivity index (χ1) is 28.1. The summed E-state index contributed by atoms with van der Waals surface area (Å²) in [6.07, 6.45) is 0. The molecule has 0 unspecified atom stereocenters. The van der Waals surface area contributed by atoms with E-state index in [0.29, 0.717) is 5.84 Å². The van der Waals surface area contributed by atoms with Crippen LogP contribution in [0.2, 0.25) is 0 Å². The van der Waals surface area contributed by atoms with E-state index < -0.39 is 0 Å². The molecule has 10 aromatic rings. The van der Waals surface area contributed by atoms with Crippen LogP contribution in [0.4, 0.5) is 0 Å². The van der Waals surface area contributed by atoms with Crippen LogP contribution in [0.25, 0.3) is 82.2 Å². The van der Waals surface area contributed by atoms with Crippen molar-refractivity contribution in [2.75, 3.05) is 0 Å². The minimum Gasteiger partial charge on any atom is -0.456 e. The van der Waals surface area contributed by atoms with Crippen molar-refractivity contribution in [3.8, 4) is 22.3 Å². The van der Waals surface area contributed by atoms with Gasteiger partial charge < -0.3 is 4.42 Å². The molecule has 57 heavy (non-hydrogen) atoms. The molecule has 0 atom stereocenters. The number of allylic oxidation sites excluding steroid dienone is 1. The Labute approximate surface area is 329 Å². The number of rotatable bonds is 5. The first kappa shape index (κ1) is 32.8. The molecule has 0 radical (unpaired) electrons. The van der Waals surface area contributed by atoms with Gasteiger partial charge in [-0.3, -0.25) is 0 Å². The Morgan fingerprint density at radius 2 is 0.825 bits per heavy atom. The lowest BCUT2D eigenvalue weighted by Gasteiger charge is -2.08. The van der Waals surface area contributed by atoms with Crippen molar-refractivity contribution in [1.29, 1.82) is 0 Å². The molecule has 0 fully saturated rings. The van der Waals surface area contributed by atoms with Crippen LogP contribution in [0.1, 0.15) is 23.6 Å². The van der Waals surface area contributed by atoms with Crippen LogP contribution in [0.3, 0.4) is 0 Å². The van der Waals surface area contributed by atoms with Crippen LogP contribution in [0.15, 0.2) is 214 Å². The van der Waals surface area contributed by atoms with Crippen molar-refractivity contribution in [1.82, 2.24) is 0 Å². The summed E-state index contributed by atoms with van der Waals surface area (Å²) in [6, 6.07) is 66.5. The molecule has 266 valence electrons. The first-order valence-corrected chi connectivity index (χ1v) is 19.3. The van der Waals surface area contributed by atoms with Crippen LogP contribution >= 0.6 is 0 Å². The minimum atomic E-state index is 0.608. The number of fused-ring (bicyclic) bond motifs is 6. The second kappa shape index (κ2) is 13.3. The summed E-state index contributed by atoms with van der Waals surface area (Å²) in [5.74, 6) is 0.608. The largest absolute Gasteiger partial charge is 0.456 e. The predicted octanol–water partition coefficient (Wildman–Crippen LogP) is 14.2. The van der Waals surface area contributed by atoms with Gasteiger partial charge >= 0.3 is 0 Å². The molecular weight excluding hydrogens is 693 g/mol. The third kappa shape index (κ3) is 5.95. The lowest BCUT2D eigenvalue weighted by atomic mass is 9.98. The van der Waals surface area contributed by atoms with E-state index in [0.717, 1.165) is 77.5 Å². The maximum absolute atomic E-state index is 6.62. The van der Waals surface area contributed by atoms with E-state index >= 15 is 0 Å². The van der Waals surface area contributed by atoms with E-state index in [9.17, 15) is 0 Å². The van der Waals surface area contributed by atoms with Crippen molar-refractivity contribution in [2.45, 2.75) is 6.92 Å². The van der Waals surface area contributed by atoms with Gasteiger partial charge in [-0.2, -0.15) is 0 Å². The van der Waals surface area contributed by atoms with E-state index in [1.165, 1.54) is 32.7 Å². The highest BCUT2D eigenvalue weighted by molar-refractivity contribution is 6.22. The van der Waals surface area contributed by atoms with Crippen molar-refractivity contribution in [3.63, 3.8) is 0 Å². The van der Waals surface area contributed by atoms with Crippen LogP contribution in [0, 0.1) is 0 Å². The number of nitrogens with zero attached hydrogens (tertiary/aromatic N) is 2. The van der Waals surface area contributed by atoms with Crippen LogP contribution in [-0.2, 0) is 0 Å². The molecule has 0 saturated carbocycles. The van der Waals surface area contributed by atoms with Gasteiger partial charge in [-0.25, -0.2) is 9.98 Å². The Morgan fingerprint density at radius 1 is 0.368 bits per heavy atom. The second-order valence-electron chi connectivity index (χ2n) is 14.8. The quantitative estimate of drug-likeness (QED) is 0.163. The molecule has 11 rings (SSSR count). The molecule has 0 saturated heterocycles. The summed E-state index contributed by atoms with van der Waals surface area (Å²) < 4.78 is 6.62. The number of aliphatic imine (C=N–C) groups is 2. The second-order valence-corrected chi connectivity index (χ2v) is 14.8. The Bertz CT molecular complexity index is 3390. The zero-order chi connectivity index (χ0) is 37.9. The Hall–Kier alpha value is -7.58. The van der Waals surface area contributed by atoms with E-state index in [1.807, 2.05) is 6.07 Å². The third-order valence-electron chi connectivity index (χ3n) is 11.2. The van der Waals surface area contributed by atoms with Crippen LogP contribution in [-0.4, -0.2) is 11.5 Å². The average Bonchev–Trinajstić information content (AvgIpc) is 3.54. The van der Waals surface area contributed by atoms with Gasteiger partial charge in [0.2, 0.25) is 0 Å². The molecule has 1 aliphatic rings. The molecular formula is C54H34N2O. The molecule has 1 aromatic heterocycles. The van der Waals surface area contributed by atoms with Gasteiger partial charge in [0, 0.05) is 33.0 Å². The fraction of sp³-hybridized carbons (Fsp3) is 0.0185. The summed E-state index contributed by atoms with van der Waals surface area (Å²) in [5, 5.41) is 9.25. The van der Waals surface area contributed by atoms with Gasteiger partial charge in [0.25, 0.3) is 0 Å². The van der Waals surface area contributed by atoms with E-state index in [1.54, 1.807) is 0 Å². The summed E-state index contributed by atoms with van der Waals surface area (Å²) in [6.45, 7) is 2.08. The van der Waals surface area contributed by atoms with Crippen molar-refractivity contribution >= 4 is 71.5 Å². The lowest BCUT2D eigenvalue weighted by Crippen LogP contribution is -2.07. The van der Waals surface area contributed by atoms with Crippen LogP contribution in [0.5, 0.6) is 0 Å². The summed E-state index contributed by atoms with van der Waals surface area (Å²) in [4.78, 5) is 10.6. The number of benzene rings is 9. The Balaban J connectivity index is 1.03. The first-order valence-electron chi connectivity index (χ1n) is 19.3. The average molecular weight is 727 g/mol. The zero-order valence-electron chi connectivity index (χ0n) is 31.2. The molecule has 0 aliphatic carbocycles. The van der Waals surface area contributed by atoms with Gasteiger partial charge in [0.05, 0.1) is 5.71 Å². The maximum atomic E-state index is 6.62. The Morgan fingerprint density at radius 3 is 1.51 bits per heavy atom. The molecule has 0 bridgehead atoms. The number of furan rings is 1. The minimum absolute atomic E-state index is 0.608. The molecule has 9 aromatic carbocycles. The molecule has 2 heterocycles. The van der Waals surface area contributed by atoms with E-state index in [2.05, 4.69) is 195 Å². The third-order valence-corrected chi connectivity index (χ3v) is 11.2. The van der Waals surface area contributed by atoms with Gasteiger partial charge in [-0.05, 0) is 110 Å². The molecule has 0 amide bonds. The number of hydrogen-bond acceptors (Lipinski definition) is 3. The normalized spacial score (nSPS) is 13.1. The molecule has 3 heteroatoms. The number of amidine groups is 1. The zero-order valence-corrected chi connectivity index (χ0v) is 31.2. The summed E-state index contributed by atoms with van der Waals surface area (Å²) in [5.41, 5.74) is 15.4. The van der Waals surface area contributed by atoms with Crippen LogP contribution < -0.4 is 0 Å². The monoisotopic (exact) mass is 726 g/mol. The van der Waals surface area contributed by atoms with Gasteiger partial charge in [-0.1, -0.05) is 145 Å². The maximum Gasteiger partial charge on any atom is 0.161 e. The molecule has 0 N–H and O–H groups in total. The summed E-state index contributed by atoms with van der Waals surface area (Å²) in [7, 11) is 0. The van der Waals surface area contributed by atoms with Gasteiger partial charge in [-0.15, -0.1) is 0 Å². The molecule has 1 aliphatic heterocycles. The van der Waals surface area contributed by atoms with Crippen molar-refractivity contribution < 1.29 is 4.42 Å². The number of hydrogen-bond donors (Lipinski definition) is 0. The lowest BCUT2D eigenvalue weighted by molar-refractivity contribution is 0.669. The van der Waals surface area contributed by atoms with Crippen molar-refractivity contribution in [2.24, 2.45) is 9.98 Å². The highest BCUT2D eigenvalue weighted by Gasteiger charge is 2.18. The van der Waals surface area contributed by atoms with Crippen molar-refractivity contribution in [3.05, 3.63) is 216 Å². The van der Waals surface area contributed by atoms with E-state index in [-0.39, 0.29) is 0 Å². The predicted molar refractivity (Wildman–Crippen MR) is 239 cm³/mol. The van der Waals surface area contributed by atoms with Gasteiger partial charge in [0.1, 0.15) is 16.9 Å². The highest BCUT2D eigenvalue weighted by Crippen LogP contribution is 2.35. The highest BCUT2D eigenvalue weighted by atomic mass is 16.3. The fourth-order valence-corrected chi connectivity index (χ4v) is 8.14. The molecule has 0 spiro atoms. The Kier molecular flexibility index (Phi) is 7.67. The summed E-state index contributed by atoms with van der Waals surface area (Å²) >= 11 is 0. The smallest absolute Gasteiger partial charge is 0.161 e. The SMILES string of the molecule is CC1=C=C(c2ccc3cc(-c4ccccc4)ccc3c2)N=C(c2ccc3c(c2)oc2cc(-c4ccc5ccccc5c4)ccc23)N=C1c1ccc2ccccc2c1.